The second kappa shape index (κ2) is 4.64. The van der Waals surface area contributed by atoms with Crippen LogP contribution in [0.3, 0.4) is 0 Å². The number of aliphatic hydroxyl groups is 2. The van der Waals surface area contributed by atoms with E-state index in [4.69, 9.17) is 10.8 Å². The highest BCUT2D eigenvalue weighted by atomic mass is 16.4. The zero-order valence-corrected chi connectivity index (χ0v) is 9.45. The van der Waals surface area contributed by atoms with Gasteiger partial charge in [-0.25, -0.2) is 4.79 Å². The first-order chi connectivity index (χ1) is 8.52. The highest BCUT2D eigenvalue weighted by Gasteiger charge is 2.26. The molecule has 18 heavy (non-hydrogen) atoms. The van der Waals surface area contributed by atoms with E-state index >= 15 is 0 Å². The molecule has 0 aromatic heterocycles. The van der Waals surface area contributed by atoms with Gasteiger partial charge in [-0.2, -0.15) is 0 Å². The normalized spacial score (nSPS) is 14.3. The fourth-order valence-corrected chi connectivity index (χ4v) is 1.92. The largest absolute Gasteiger partial charge is 0.479 e. The van der Waals surface area contributed by atoms with Gasteiger partial charge in [0, 0.05) is 11.1 Å². The van der Waals surface area contributed by atoms with Gasteiger partial charge in [0.2, 0.25) is 0 Å². The quantitative estimate of drug-likeness (QED) is 0.603. The lowest BCUT2D eigenvalue weighted by molar-refractivity contribution is -0.153. The van der Waals surface area contributed by atoms with E-state index in [1.807, 2.05) is 0 Å². The van der Waals surface area contributed by atoms with Gasteiger partial charge in [-0.05, 0) is 17.0 Å². The maximum Gasteiger partial charge on any atom is 0.335 e. The molecule has 2 atom stereocenters. The number of nitrogens with two attached hydrogens (primary N) is 1. The van der Waals surface area contributed by atoms with E-state index in [0.717, 1.165) is 0 Å². The molecule has 2 aromatic rings. The van der Waals surface area contributed by atoms with Crippen molar-refractivity contribution in [1.29, 1.82) is 0 Å². The highest BCUT2D eigenvalue weighted by Crippen LogP contribution is 2.29. The van der Waals surface area contributed by atoms with Crippen LogP contribution in [0.2, 0.25) is 0 Å². The van der Waals surface area contributed by atoms with Gasteiger partial charge in [0.05, 0.1) is 0 Å². The molecule has 5 heteroatoms. The number of aliphatic hydroxyl groups excluding tert-OH is 2. The lowest BCUT2D eigenvalue weighted by Gasteiger charge is -2.17. The summed E-state index contributed by atoms with van der Waals surface area (Å²) in [6.45, 7) is 0. The number of carbonyl (C=O) groups is 1. The smallest absolute Gasteiger partial charge is 0.335 e. The fourth-order valence-electron chi connectivity index (χ4n) is 1.92. The molecule has 5 N–H and O–H groups in total. The molecule has 5 nitrogen and oxygen atoms in total. The summed E-state index contributed by atoms with van der Waals surface area (Å²) in [6, 6.07) is 10.1. The molecule has 0 aliphatic carbocycles. The Morgan fingerprint density at radius 1 is 1.06 bits per heavy atom. The summed E-state index contributed by atoms with van der Waals surface area (Å²) >= 11 is 0. The summed E-state index contributed by atoms with van der Waals surface area (Å²) in [5.41, 5.74) is 6.68. The third-order valence-electron chi connectivity index (χ3n) is 2.86. The molecule has 94 valence electrons. The average Bonchev–Trinajstić information content (AvgIpc) is 2.37. The summed E-state index contributed by atoms with van der Waals surface area (Å²) in [6.07, 6.45) is -3.36. The number of benzene rings is 2. The maximum absolute atomic E-state index is 10.7. The second-order valence-electron chi connectivity index (χ2n) is 4.02. The minimum atomic E-state index is -1.86. The predicted octanol–water partition coefficient (Wildman–Crippen LogP) is 0.901. The Labute approximate surface area is 103 Å². The first kappa shape index (κ1) is 12.3. The molecular weight excluding hydrogens is 234 g/mol. The third kappa shape index (κ3) is 2.01. The predicted molar refractivity (Wildman–Crippen MR) is 67.0 cm³/mol. The molecule has 0 fully saturated rings. The zero-order valence-electron chi connectivity index (χ0n) is 9.45. The molecule has 0 amide bonds. The number of anilines is 1. The summed E-state index contributed by atoms with van der Waals surface area (Å²) in [5, 5.41) is 29.3. The van der Waals surface area contributed by atoms with Gasteiger partial charge in [-0.3, -0.25) is 0 Å². The Morgan fingerprint density at radius 2 is 1.67 bits per heavy atom. The van der Waals surface area contributed by atoms with Crippen molar-refractivity contribution in [3.8, 4) is 0 Å². The standard InChI is InChI=1S/C13H13NO4/c14-10-6-2-3-7-8(10)4-1-5-9(7)11(15)12(16)13(17)18/h1-6,11-12,15-16H,14H2,(H,17,18). The molecule has 0 spiro atoms. The summed E-state index contributed by atoms with van der Waals surface area (Å²) in [4.78, 5) is 10.7. The number of carboxylic acid groups (broad SMARTS) is 1. The van der Waals surface area contributed by atoms with E-state index in [-0.39, 0.29) is 0 Å². The van der Waals surface area contributed by atoms with Crippen LogP contribution in [0.4, 0.5) is 5.69 Å². The molecule has 0 aliphatic heterocycles. The molecule has 0 radical (unpaired) electrons. The van der Waals surface area contributed by atoms with Crippen LogP contribution in [-0.4, -0.2) is 27.4 Å². The van der Waals surface area contributed by atoms with Gasteiger partial charge in [0.25, 0.3) is 0 Å². The van der Waals surface area contributed by atoms with Crippen LogP contribution in [-0.2, 0) is 4.79 Å². The van der Waals surface area contributed by atoms with E-state index < -0.39 is 18.2 Å². The van der Waals surface area contributed by atoms with E-state index in [0.29, 0.717) is 22.0 Å². The lowest BCUT2D eigenvalue weighted by Crippen LogP contribution is -2.27. The lowest BCUT2D eigenvalue weighted by atomic mass is 9.96. The van der Waals surface area contributed by atoms with Gasteiger partial charge >= 0.3 is 5.97 Å². The van der Waals surface area contributed by atoms with Gasteiger partial charge in [0.1, 0.15) is 6.10 Å². The Hall–Kier alpha value is -2.11. The Balaban J connectivity index is 2.58. The van der Waals surface area contributed by atoms with Crippen molar-refractivity contribution in [3.63, 3.8) is 0 Å². The maximum atomic E-state index is 10.7. The highest BCUT2D eigenvalue weighted by molar-refractivity contribution is 5.95. The van der Waals surface area contributed by atoms with Gasteiger partial charge in [-0.1, -0.05) is 30.3 Å². The molecule has 2 rings (SSSR count). The van der Waals surface area contributed by atoms with Crippen molar-refractivity contribution in [2.24, 2.45) is 0 Å². The Bertz CT molecular complexity index is 597. The number of rotatable bonds is 3. The summed E-state index contributed by atoms with van der Waals surface area (Å²) < 4.78 is 0. The molecule has 0 saturated heterocycles. The number of hydrogen-bond donors (Lipinski definition) is 4. The number of carboxylic acids is 1. The van der Waals surface area contributed by atoms with E-state index in [2.05, 4.69) is 0 Å². The number of fused-ring (bicyclic) bond motifs is 1. The van der Waals surface area contributed by atoms with Crippen molar-refractivity contribution in [3.05, 3.63) is 42.0 Å². The van der Waals surface area contributed by atoms with E-state index in [9.17, 15) is 15.0 Å². The summed E-state index contributed by atoms with van der Waals surface area (Å²) in [5.74, 6) is -1.47. The van der Waals surface area contributed by atoms with Crippen LogP contribution in [0.1, 0.15) is 11.7 Å². The van der Waals surface area contributed by atoms with Gasteiger partial charge in [-0.15, -0.1) is 0 Å². The monoisotopic (exact) mass is 247 g/mol. The Morgan fingerprint density at radius 3 is 2.33 bits per heavy atom. The second-order valence-corrected chi connectivity index (χ2v) is 4.02. The fraction of sp³-hybridized carbons (Fsp3) is 0.154. The van der Waals surface area contributed by atoms with Crippen LogP contribution < -0.4 is 5.73 Å². The number of aliphatic carboxylic acids is 1. The first-order valence-corrected chi connectivity index (χ1v) is 5.38. The average molecular weight is 247 g/mol. The molecule has 0 aliphatic rings. The van der Waals surface area contributed by atoms with E-state index in [1.165, 1.54) is 0 Å². The molecular formula is C13H13NO4. The van der Waals surface area contributed by atoms with Gasteiger partial charge < -0.3 is 21.1 Å². The van der Waals surface area contributed by atoms with Crippen molar-refractivity contribution < 1.29 is 20.1 Å². The Kier molecular flexibility index (Phi) is 3.18. The third-order valence-corrected chi connectivity index (χ3v) is 2.86. The van der Waals surface area contributed by atoms with Crippen molar-refractivity contribution in [2.45, 2.75) is 12.2 Å². The molecule has 0 bridgehead atoms. The molecule has 0 heterocycles. The summed E-state index contributed by atoms with van der Waals surface area (Å²) in [7, 11) is 0. The number of nitrogen functional groups attached to an aromatic ring is 1. The van der Waals surface area contributed by atoms with Crippen LogP contribution in [0.15, 0.2) is 36.4 Å². The minimum absolute atomic E-state index is 0.342. The van der Waals surface area contributed by atoms with Crippen molar-refractivity contribution in [2.75, 3.05) is 5.73 Å². The van der Waals surface area contributed by atoms with Gasteiger partial charge in [0.15, 0.2) is 6.10 Å². The van der Waals surface area contributed by atoms with Crippen molar-refractivity contribution >= 4 is 22.4 Å². The van der Waals surface area contributed by atoms with E-state index in [1.54, 1.807) is 36.4 Å². The zero-order chi connectivity index (χ0) is 13.3. The first-order valence-electron chi connectivity index (χ1n) is 5.38. The van der Waals surface area contributed by atoms with Crippen LogP contribution in [0.25, 0.3) is 10.8 Å². The van der Waals surface area contributed by atoms with Crippen molar-refractivity contribution in [1.82, 2.24) is 0 Å². The molecule has 0 saturated carbocycles. The number of hydrogen-bond acceptors (Lipinski definition) is 4. The SMILES string of the molecule is Nc1cccc2c(C(O)C(O)C(=O)O)cccc12. The topological polar surface area (TPSA) is 104 Å². The van der Waals surface area contributed by atoms with Crippen LogP contribution >= 0.6 is 0 Å². The van der Waals surface area contributed by atoms with Crippen LogP contribution in [0, 0.1) is 0 Å². The molecule has 2 aromatic carbocycles. The molecule has 2 unspecified atom stereocenters. The van der Waals surface area contributed by atoms with Crippen LogP contribution in [0.5, 0.6) is 0 Å². The minimum Gasteiger partial charge on any atom is -0.479 e.